The minimum atomic E-state index is -4.75. The molecule has 0 amide bonds. The van der Waals surface area contributed by atoms with Crippen molar-refractivity contribution in [2.24, 2.45) is 0 Å². The molecule has 1 aromatic carbocycles. The molecule has 1 atom stereocenters. The number of methoxy groups -OCH3 is 1. The zero-order valence-corrected chi connectivity index (χ0v) is 10.3. The van der Waals surface area contributed by atoms with Crippen molar-refractivity contribution in [3.05, 3.63) is 29.8 Å². The zero-order chi connectivity index (χ0) is 14.3. The highest BCUT2D eigenvalue weighted by Gasteiger charge is 2.31. The summed E-state index contributed by atoms with van der Waals surface area (Å²) in [5.41, 5.74) is 0.291. The second-order valence-corrected chi connectivity index (χ2v) is 3.70. The Balaban J connectivity index is 2.55. The largest absolute Gasteiger partial charge is 0.573 e. The lowest BCUT2D eigenvalue weighted by Gasteiger charge is -2.14. The van der Waals surface area contributed by atoms with Crippen LogP contribution in [0.15, 0.2) is 24.3 Å². The number of ether oxygens (including phenoxy) is 3. The number of hydrogen-bond donors (Lipinski definition) is 1. The zero-order valence-electron chi connectivity index (χ0n) is 10.3. The van der Waals surface area contributed by atoms with E-state index in [2.05, 4.69) is 4.74 Å². The Kier molecular flexibility index (Phi) is 6.07. The maximum atomic E-state index is 12.0. The third kappa shape index (κ3) is 6.42. The van der Waals surface area contributed by atoms with Gasteiger partial charge in [0.25, 0.3) is 0 Å². The van der Waals surface area contributed by atoms with Gasteiger partial charge in [0.2, 0.25) is 0 Å². The van der Waals surface area contributed by atoms with Gasteiger partial charge in [0, 0.05) is 7.11 Å². The average molecular weight is 280 g/mol. The van der Waals surface area contributed by atoms with Gasteiger partial charge < -0.3 is 19.3 Å². The lowest BCUT2D eigenvalue weighted by atomic mass is 10.1. The molecule has 1 N–H and O–H groups in total. The maximum Gasteiger partial charge on any atom is 0.573 e. The summed E-state index contributed by atoms with van der Waals surface area (Å²) in [5, 5.41) is 9.74. The molecule has 0 bridgehead atoms. The van der Waals surface area contributed by atoms with E-state index in [0.29, 0.717) is 18.8 Å². The average Bonchev–Trinajstić information content (AvgIpc) is 2.32. The summed E-state index contributed by atoms with van der Waals surface area (Å²) in [6.07, 6.45) is -5.77. The Hall–Kier alpha value is -1.31. The number of alkyl halides is 3. The molecule has 0 saturated carbocycles. The highest BCUT2D eigenvalue weighted by Crippen LogP contribution is 2.25. The second-order valence-electron chi connectivity index (χ2n) is 3.70. The Labute approximate surface area is 108 Å². The molecule has 0 aliphatic carbocycles. The van der Waals surface area contributed by atoms with Crippen LogP contribution in [0.2, 0.25) is 0 Å². The van der Waals surface area contributed by atoms with Crippen LogP contribution in [-0.2, 0) is 9.47 Å². The van der Waals surface area contributed by atoms with Gasteiger partial charge in [-0.15, -0.1) is 13.2 Å². The molecule has 0 aromatic heterocycles. The summed E-state index contributed by atoms with van der Waals surface area (Å²) in [7, 11) is 1.51. The number of aliphatic hydroxyl groups excluding tert-OH is 1. The van der Waals surface area contributed by atoms with Crippen LogP contribution < -0.4 is 4.74 Å². The molecule has 0 radical (unpaired) electrons. The summed E-state index contributed by atoms with van der Waals surface area (Å²) < 4.78 is 49.7. The second kappa shape index (κ2) is 7.32. The smallest absolute Gasteiger partial charge is 0.406 e. The molecule has 0 spiro atoms. The molecule has 0 saturated heterocycles. The highest BCUT2D eigenvalue weighted by molar-refractivity contribution is 5.30. The van der Waals surface area contributed by atoms with Gasteiger partial charge in [0.15, 0.2) is 0 Å². The van der Waals surface area contributed by atoms with Crippen LogP contribution in [-0.4, -0.2) is 38.4 Å². The molecule has 0 heterocycles. The van der Waals surface area contributed by atoms with Crippen molar-refractivity contribution in [1.29, 1.82) is 0 Å². The number of hydrogen-bond acceptors (Lipinski definition) is 4. The van der Waals surface area contributed by atoms with Crippen molar-refractivity contribution in [3.63, 3.8) is 0 Å². The monoisotopic (exact) mass is 280 g/mol. The summed E-state index contributed by atoms with van der Waals surface area (Å²) in [4.78, 5) is 0. The van der Waals surface area contributed by atoms with Crippen LogP contribution in [0.5, 0.6) is 5.75 Å². The molecular formula is C12H15F3O4. The Morgan fingerprint density at radius 3 is 2.63 bits per heavy atom. The molecule has 1 unspecified atom stereocenters. The quantitative estimate of drug-likeness (QED) is 0.778. The van der Waals surface area contributed by atoms with Crippen LogP contribution in [0.1, 0.15) is 11.7 Å². The van der Waals surface area contributed by atoms with Crippen molar-refractivity contribution < 1.29 is 32.5 Å². The van der Waals surface area contributed by atoms with Crippen LogP contribution >= 0.6 is 0 Å². The van der Waals surface area contributed by atoms with Gasteiger partial charge in [-0.2, -0.15) is 0 Å². The van der Waals surface area contributed by atoms with E-state index in [4.69, 9.17) is 9.47 Å². The first kappa shape index (κ1) is 15.7. The van der Waals surface area contributed by atoms with E-state index in [1.54, 1.807) is 0 Å². The minimum Gasteiger partial charge on any atom is -0.406 e. The maximum absolute atomic E-state index is 12.0. The van der Waals surface area contributed by atoms with E-state index in [-0.39, 0.29) is 12.4 Å². The van der Waals surface area contributed by atoms with E-state index >= 15 is 0 Å². The van der Waals surface area contributed by atoms with Crippen LogP contribution in [0.3, 0.4) is 0 Å². The topological polar surface area (TPSA) is 47.9 Å². The standard InChI is InChI=1S/C12H15F3O4/c1-17-5-6-18-8-11(16)9-3-2-4-10(7-9)19-12(13,14)15/h2-4,7,11,16H,5-6,8H2,1H3. The molecule has 108 valence electrons. The minimum absolute atomic E-state index is 0.0289. The molecule has 0 aliphatic heterocycles. The highest BCUT2D eigenvalue weighted by atomic mass is 19.4. The first-order valence-electron chi connectivity index (χ1n) is 5.53. The van der Waals surface area contributed by atoms with E-state index < -0.39 is 12.5 Å². The van der Waals surface area contributed by atoms with Gasteiger partial charge in [0.05, 0.1) is 19.8 Å². The van der Waals surface area contributed by atoms with E-state index in [0.717, 1.165) is 12.1 Å². The molecular weight excluding hydrogens is 265 g/mol. The van der Waals surface area contributed by atoms with Gasteiger partial charge in [-0.05, 0) is 17.7 Å². The van der Waals surface area contributed by atoms with Crippen molar-refractivity contribution >= 4 is 0 Å². The third-order valence-electron chi connectivity index (χ3n) is 2.18. The van der Waals surface area contributed by atoms with Crippen LogP contribution in [0.4, 0.5) is 13.2 Å². The first-order chi connectivity index (χ1) is 8.92. The van der Waals surface area contributed by atoms with Gasteiger partial charge in [-0.3, -0.25) is 0 Å². The van der Waals surface area contributed by atoms with E-state index in [9.17, 15) is 18.3 Å². The Morgan fingerprint density at radius 2 is 2.00 bits per heavy atom. The number of benzene rings is 1. The van der Waals surface area contributed by atoms with Gasteiger partial charge in [0.1, 0.15) is 11.9 Å². The van der Waals surface area contributed by atoms with Gasteiger partial charge >= 0.3 is 6.36 Å². The molecule has 19 heavy (non-hydrogen) atoms. The Bertz CT molecular complexity index is 381. The van der Waals surface area contributed by atoms with E-state index in [1.165, 1.54) is 19.2 Å². The predicted octanol–water partition coefficient (Wildman–Crippen LogP) is 2.28. The first-order valence-corrected chi connectivity index (χ1v) is 5.53. The molecule has 4 nitrogen and oxygen atoms in total. The summed E-state index contributed by atoms with van der Waals surface area (Å²) >= 11 is 0. The van der Waals surface area contributed by atoms with Crippen LogP contribution in [0.25, 0.3) is 0 Å². The third-order valence-corrected chi connectivity index (χ3v) is 2.18. The number of rotatable bonds is 7. The summed E-state index contributed by atoms with van der Waals surface area (Å²) in [6, 6.07) is 5.15. The van der Waals surface area contributed by atoms with Crippen molar-refractivity contribution in [1.82, 2.24) is 0 Å². The molecule has 1 rings (SSSR count). The molecule has 0 aliphatic rings. The lowest BCUT2D eigenvalue weighted by Crippen LogP contribution is -2.17. The predicted molar refractivity (Wildman–Crippen MR) is 60.8 cm³/mol. The molecule has 1 aromatic rings. The Morgan fingerprint density at radius 1 is 1.26 bits per heavy atom. The van der Waals surface area contributed by atoms with Crippen LogP contribution in [0, 0.1) is 0 Å². The van der Waals surface area contributed by atoms with E-state index in [1.807, 2.05) is 0 Å². The van der Waals surface area contributed by atoms with Crippen molar-refractivity contribution in [3.8, 4) is 5.75 Å². The van der Waals surface area contributed by atoms with Gasteiger partial charge in [-0.1, -0.05) is 12.1 Å². The van der Waals surface area contributed by atoms with Crippen molar-refractivity contribution in [2.45, 2.75) is 12.5 Å². The normalized spacial score (nSPS) is 13.3. The van der Waals surface area contributed by atoms with Gasteiger partial charge in [-0.25, -0.2) is 0 Å². The molecule has 7 heteroatoms. The summed E-state index contributed by atoms with van der Waals surface area (Å²) in [5.74, 6) is -0.374. The fraction of sp³-hybridized carbons (Fsp3) is 0.500. The fourth-order valence-corrected chi connectivity index (χ4v) is 1.35. The lowest BCUT2D eigenvalue weighted by molar-refractivity contribution is -0.274. The van der Waals surface area contributed by atoms with Crippen molar-refractivity contribution in [2.75, 3.05) is 26.9 Å². The summed E-state index contributed by atoms with van der Waals surface area (Å²) in [6.45, 7) is 0.648. The molecule has 0 fully saturated rings. The SMILES string of the molecule is COCCOCC(O)c1cccc(OC(F)(F)F)c1. The number of halogens is 3. The number of aliphatic hydroxyl groups is 1. The fourth-order valence-electron chi connectivity index (χ4n) is 1.35.